The minimum absolute atomic E-state index is 0.0879. The van der Waals surface area contributed by atoms with Gasteiger partial charge < -0.3 is 0 Å². The zero-order valence-corrected chi connectivity index (χ0v) is 13.7. The predicted molar refractivity (Wildman–Crippen MR) is 78.2 cm³/mol. The Bertz CT molecular complexity index is 497. The summed E-state index contributed by atoms with van der Waals surface area (Å²) < 4.78 is 77.8. The van der Waals surface area contributed by atoms with E-state index >= 15 is 0 Å². The summed E-state index contributed by atoms with van der Waals surface area (Å²) in [6, 6.07) is 1.88. The summed E-state index contributed by atoms with van der Waals surface area (Å²) in [4.78, 5) is 0. The van der Waals surface area contributed by atoms with E-state index < -0.39 is 29.4 Å². The molecule has 0 aliphatic rings. The highest BCUT2D eigenvalue weighted by Gasteiger charge is 2.39. The Kier molecular flexibility index (Phi) is 5.81. The first-order valence-corrected chi connectivity index (χ1v) is 7.64. The fraction of sp³-hybridized carbons (Fsp3) is 0.647. The molecule has 0 saturated carbocycles. The van der Waals surface area contributed by atoms with Crippen molar-refractivity contribution in [1.29, 1.82) is 0 Å². The Morgan fingerprint density at radius 2 is 1.30 bits per heavy atom. The highest BCUT2D eigenvalue weighted by atomic mass is 19.4. The van der Waals surface area contributed by atoms with Crippen LogP contribution in [0.15, 0.2) is 18.2 Å². The third-order valence-corrected chi connectivity index (χ3v) is 4.78. The van der Waals surface area contributed by atoms with Crippen LogP contribution in [-0.4, -0.2) is 0 Å². The molecule has 0 bridgehead atoms. The Morgan fingerprint density at radius 3 is 1.61 bits per heavy atom. The molecule has 0 fully saturated rings. The average Bonchev–Trinajstić information content (AvgIpc) is 2.44. The van der Waals surface area contributed by atoms with Crippen LogP contribution in [0.1, 0.15) is 69.6 Å². The summed E-state index contributed by atoms with van der Waals surface area (Å²) in [6.45, 7) is 7.47. The number of hydrogen-bond donors (Lipinski definition) is 0. The van der Waals surface area contributed by atoms with Crippen LogP contribution >= 0.6 is 0 Å². The van der Waals surface area contributed by atoms with E-state index in [2.05, 4.69) is 0 Å². The maximum Gasteiger partial charge on any atom is 0.416 e. The summed E-state index contributed by atoms with van der Waals surface area (Å²) in [6.07, 6.45) is -7.37. The van der Waals surface area contributed by atoms with E-state index in [0.717, 1.165) is 25.0 Å². The van der Waals surface area contributed by atoms with E-state index in [1.54, 1.807) is 6.92 Å². The zero-order chi connectivity index (χ0) is 18.1. The number of alkyl halides is 6. The topological polar surface area (TPSA) is 0 Å². The monoisotopic (exact) mass is 340 g/mol. The maximum atomic E-state index is 13.0. The lowest BCUT2D eigenvalue weighted by molar-refractivity contribution is -0.143. The van der Waals surface area contributed by atoms with Crippen LogP contribution in [0.4, 0.5) is 26.3 Å². The van der Waals surface area contributed by atoms with Crippen molar-refractivity contribution in [3.05, 3.63) is 34.9 Å². The molecule has 0 aliphatic carbocycles. The molecule has 0 N–H and O–H groups in total. The highest BCUT2D eigenvalue weighted by molar-refractivity contribution is 5.36. The Hall–Kier alpha value is -1.20. The van der Waals surface area contributed by atoms with Gasteiger partial charge in [-0.25, -0.2) is 0 Å². The van der Waals surface area contributed by atoms with Crippen LogP contribution in [0.2, 0.25) is 0 Å². The second-order valence-electron chi connectivity index (χ2n) is 6.32. The molecule has 0 spiro atoms. The average molecular weight is 340 g/mol. The van der Waals surface area contributed by atoms with Crippen molar-refractivity contribution in [1.82, 2.24) is 0 Å². The molecule has 0 aromatic heterocycles. The third-order valence-electron chi connectivity index (χ3n) is 4.78. The first-order chi connectivity index (χ1) is 10.3. The van der Waals surface area contributed by atoms with Gasteiger partial charge >= 0.3 is 12.4 Å². The molecule has 132 valence electrons. The van der Waals surface area contributed by atoms with Crippen molar-refractivity contribution >= 4 is 0 Å². The molecule has 2 atom stereocenters. The summed E-state index contributed by atoms with van der Waals surface area (Å²) in [5, 5.41) is 0. The summed E-state index contributed by atoms with van der Waals surface area (Å²) in [7, 11) is 0. The molecule has 1 aromatic carbocycles. The SMILES string of the molecule is CCCC(C)(CC)C(C)c1cc(C(F)(F)F)cc(C(F)(F)F)c1. The standard InChI is InChI=1S/C17H22F6/c1-5-7-15(4,6-2)11(3)12-8-13(16(18,19)20)10-14(9-12)17(21,22)23/h8-11H,5-7H2,1-4H3. The first-order valence-electron chi connectivity index (χ1n) is 7.64. The molecule has 2 unspecified atom stereocenters. The molecule has 0 nitrogen and oxygen atoms in total. The lowest BCUT2D eigenvalue weighted by Gasteiger charge is -2.35. The van der Waals surface area contributed by atoms with Gasteiger partial charge in [0.1, 0.15) is 0 Å². The van der Waals surface area contributed by atoms with Gasteiger partial charge in [0.25, 0.3) is 0 Å². The van der Waals surface area contributed by atoms with E-state index in [0.29, 0.717) is 6.42 Å². The van der Waals surface area contributed by atoms with Crippen molar-refractivity contribution in [2.45, 2.75) is 65.2 Å². The van der Waals surface area contributed by atoms with Gasteiger partial charge in [-0.1, -0.05) is 40.5 Å². The summed E-state index contributed by atoms with van der Waals surface area (Å²) in [5.41, 5.74) is -2.75. The molecule has 1 rings (SSSR count). The third kappa shape index (κ3) is 4.64. The van der Waals surface area contributed by atoms with Crippen LogP contribution in [0.3, 0.4) is 0 Å². The normalized spacial score (nSPS) is 17.0. The molecule has 0 heterocycles. The minimum Gasteiger partial charge on any atom is -0.166 e. The second-order valence-corrected chi connectivity index (χ2v) is 6.32. The van der Waals surface area contributed by atoms with E-state index in [1.807, 2.05) is 20.8 Å². The van der Waals surface area contributed by atoms with Gasteiger partial charge in [-0.05, 0) is 41.5 Å². The van der Waals surface area contributed by atoms with E-state index in [1.165, 1.54) is 0 Å². The van der Waals surface area contributed by atoms with Gasteiger partial charge in [0.2, 0.25) is 0 Å². The van der Waals surface area contributed by atoms with Crippen molar-refractivity contribution in [3.63, 3.8) is 0 Å². The largest absolute Gasteiger partial charge is 0.416 e. The second kappa shape index (κ2) is 6.73. The summed E-state index contributed by atoms with van der Waals surface area (Å²) >= 11 is 0. The Balaban J connectivity index is 3.46. The molecule has 23 heavy (non-hydrogen) atoms. The Morgan fingerprint density at radius 1 is 0.870 bits per heavy atom. The minimum atomic E-state index is -4.80. The van der Waals surface area contributed by atoms with E-state index in [4.69, 9.17) is 0 Å². The van der Waals surface area contributed by atoms with Crippen molar-refractivity contribution in [2.75, 3.05) is 0 Å². The first kappa shape index (κ1) is 19.8. The smallest absolute Gasteiger partial charge is 0.166 e. The van der Waals surface area contributed by atoms with Crippen molar-refractivity contribution in [3.8, 4) is 0 Å². The summed E-state index contributed by atoms with van der Waals surface area (Å²) in [5.74, 6) is -0.407. The molecular formula is C17H22F6. The predicted octanol–water partition coefficient (Wildman–Crippen LogP) is 7.04. The van der Waals surface area contributed by atoms with Gasteiger partial charge in [0.05, 0.1) is 11.1 Å². The quantitative estimate of drug-likeness (QED) is 0.504. The van der Waals surface area contributed by atoms with E-state index in [9.17, 15) is 26.3 Å². The lowest BCUT2D eigenvalue weighted by atomic mass is 9.69. The fourth-order valence-electron chi connectivity index (χ4n) is 2.90. The molecule has 0 radical (unpaired) electrons. The van der Waals surface area contributed by atoms with E-state index in [-0.39, 0.29) is 17.0 Å². The van der Waals surface area contributed by atoms with Gasteiger partial charge in [0, 0.05) is 0 Å². The molecular weight excluding hydrogens is 318 g/mol. The van der Waals surface area contributed by atoms with Crippen LogP contribution in [0.25, 0.3) is 0 Å². The van der Waals surface area contributed by atoms with Crippen LogP contribution in [0, 0.1) is 5.41 Å². The molecule has 0 aliphatic heterocycles. The number of halogens is 6. The van der Waals surface area contributed by atoms with Gasteiger partial charge in [-0.3, -0.25) is 0 Å². The van der Waals surface area contributed by atoms with Gasteiger partial charge in [0.15, 0.2) is 0 Å². The van der Waals surface area contributed by atoms with Crippen LogP contribution in [0.5, 0.6) is 0 Å². The fourth-order valence-corrected chi connectivity index (χ4v) is 2.90. The van der Waals surface area contributed by atoms with Crippen molar-refractivity contribution < 1.29 is 26.3 Å². The zero-order valence-electron chi connectivity index (χ0n) is 13.7. The molecule has 6 heteroatoms. The van der Waals surface area contributed by atoms with Gasteiger partial charge in [-0.15, -0.1) is 0 Å². The van der Waals surface area contributed by atoms with Crippen LogP contribution < -0.4 is 0 Å². The lowest BCUT2D eigenvalue weighted by Crippen LogP contribution is -2.24. The Labute approximate surface area is 132 Å². The number of benzene rings is 1. The van der Waals surface area contributed by atoms with Crippen LogP contribution in [-0.2, 0) is 12.4 Å². The number of rotatable bonds is 5. The van der Waals surface area contributed by atoms with Crippen molar-refractivity contribution in [2.24, 2.45) is 5.41 Å². The molecule has 0 amide bonds. The molecule has 0 saturated heterocycles. The maximum absolute atomic E-state index is 13.0. The number of hydrogen-bond acceptors (Lipinski definition) is 0. The highest BCUT2D eigenvalue weighted by Crippen LogP contribution is 2.45. The van der Waals surface area contributed by atoms with Gasteiger partial charge in [-0.2, -0.15) is 26.3 Å². The molecule has 1 aromatic rings.